The van der Waals surface area contributed by atoms with Crippen molar-refractivity contribution in [2.45, 2.75) is 58.4 Å². The molecule has 218 valence electrons. The van der Waals surface area contributed by atoms with Crippen LogP contribution < -0.4 is 0 Å². The minimum Gasteiger partial charge on any atom is -0.379 e. The van der Waals surface area contributed by atoms with Crippen LogP contribution in [0, 0.1) is 0 Å². The Morgan fingerprint density at radius 3 is 2.00 bits per heavy atom. The number of fused-ring (bicyclic) bond motifs is 3. The van der Waals surface area contributed by atoms with E-state index in [2.05, 4.69) is 30.0 Å². The van der Waals surface area contributed by atoms with Crippen molar-refractivity contribution in [3.8, 4) is 11.1 Å². The third-order valence-corrected chi connectivity index (χ3v) is 8.98. The maximum absolute atomic E-state index is 13.9. The molecule has 1 heterocycles. The van der Waals surface area contributed by atoms with E-state index in [9.17, 15) is 14.4 Å². The highest BCUT2D eigenvalue weighted by Gasteiger charge is 2.42. The van der Waals surface area contributed by atoms with Gasteiger partial charge in [0.25, 0.3) is 0 Å². The Kier molecular flexibility index (Phi) is 8.26. The van der Waals surface area contributed by atoms with Crippen molar-refractivity contribution in [2.75, 3.05) is 26.3 Å². The van der Waals surface area contributed by atoms with E-state index < -0.39 is 11.5 Å². The third-order valence-electron chi connectivity index (χ3n) is 8.98. The highest BCUT2D eigenvalue weighted by atomic mass is 16.7. The van der Waals surface area contributed by atoms with Gasteiger partial charge in [-0.15, -0.1) is 0 Å². The summed E-state index contributed by atoms with van der Waals surface area (Å²) in [6.45, 7) is 12.2. The van der Waals surface area contributed by atoms with E-state index in [1.807, 2.05) is 50.2 Å². The maximum atomic E-state index is 13.9. The smallest absolute Gasteiger partial charge is 0.332 e. The van der Waals surface area contributed by atoms with Gasteiger partial charge in [0.1, 0.15) is 0 Å². The summed E-state index contributed by atoms with van der Waals surface area (Å²) >= 11 is 0. The van der Waals surface area contributed by atoms with Gasteiger partial charge in [0.15, 0.2) is 11.5 Å². The van der Waals surface area contributed by atoms with Gasteiger partial charge in [0.2, 0.25) is 5.78 Å². The summed E-state index contributed by atoms with van der Waals surface area (Å²) in [5.41, 5.74) is 5.03. The molecule has 0 radical (unpaired) electrons. The molecule has 7 heteroatoms. The Bertz CT molecular complexity index is 1550. The van der Waals surface area contributed by atoms with Gasteiger partial charge in [-0.25, -0.2) is 4.79 Å². The Hall–Kier alpha value is -3.94. The Morgan fingerprint density at radius 1 is 0.857 bits per heavy atom. The zero-order valence-electron chi connectivity index (χ0n) is 25.0. The molecule has 7 nitrogen and oxygen atoms in total. The zero-order chi connectivity index (χ0) is 30.1. The van der Waals surface area contributed by atoms with Crippen molar-refractivity contribution in [2.24, 2.45) is 5.16 Å². The van der Waals surface area contributed by atoms with Crippen molar-refractivity contribution in [1.82, 2.24) is 4.90 Å². The molecule has 0 unspecified atom stereocenters. The van der Waals surface area contributed by atoms with Crippen molar-refractivity contribution in [3.05, 3.63) is 94.5 Å². The van der Waals surface area contributed by atoms with Gasteiger partial charge in [-0.2, -0.15) is 0 Å². The van der Waals surface area contributed by atoms with Crippen molar-refractivity contribution in [3.63, 3.8) is 0 Å². The van der Waals surface area contributed by atoms with Crippen molar-refractivity contribution < 1.29 is 24.0 Å². The second-order valence-electron chi connectivity index (χ2n) is 11.5. The third kappa shape index (κ3) is 5.12. The molecule has 0 aromatic heterocycles. The van der Waals surface area contributed by atoms with E-state index in [0.29, 0.717) is 43.0 Å². The number of hydrogen-bond acceptors (Lipinski definition) is 7. The number of carbonyl (C=O) groups is 3. The quantitative estimate of drug-likeness (QED) is 0.132. The summed E-state index contributed by atoms with van der Waals surface area (Å²) in [5.74, 6) is -0.892. The molecular weight excluding hydrogens is 528 g/mol. The van der Waals surface area contributed by atoms with Crippen molar-refractivity contribution >= 4 is 23.2 Å². The SMILES string of the molecule is CCC1(CC)c2ccc(C(=O)/C(=N/OC(C)=O)c3ccccc3)cc2-c2cc(C(=O)C(C)(C)N3CCOCC3)ccc21. The molecular formula is C35H38N2O5. The molecule has 0 N–H and O–H groups in total. The van der Waals surface area contributed by atoms with Crippen LogP contribution in [0.5, 0.6) is 0 Å². The van der Waals surface area contributed by atoms with Gasteiger partial charge < -0.3 is 9.57 Å². The van der Waals surface area contributed by atoms with Gasteiger partial charge in [0, 0.05) is 42.1 Å². The fourth-order valence-corrected chi connectivity index (χ4v) is 6.50. The van der Waals surface area contributed by atoms with E-state index in [1.54, 1.807) is 24.3 Å². The lowest BCUT2D eigenvalue weighted by Crippen LogP contribution is -2.54. The molecule has 42 heavy (non-hydrogen) atoms. The fourth-order valence-electron chi connectivity index (χ4n) is 6.50. The number of morpholine rings is 1. The zero-order valence-corrected chi connectivity index (χ0v) is 25.0. The molecule has 0 saturated carbocycles. The molecule has 0 spiro atoms. The molecule has 3 aromatic rings. The minimum atomic E-state index is -0.679. The van der Waals surface area contributed by atoms with Crippen LogP contribution in [-0.2, 0) is 19.8 Å². The first-order valence-electron chi connectivity index (χ1n) is 14.7. The van der Waals surface area contributed by atoms with E-state index in [-0.39, 0.29) is 22.7 Å². The Morgan fingerprint density at radius 2 is 1.43 bits per heavy atom. The van der Waals surface area contributed by atoms with Gasteiger partial charge in [0.05, 0.1) is 18.8 Å². The number of benzene rings is 3. The molecule has 1 aliphatic carbocycles. The van der Waals surface area contributed by atoms with Crippen LogP contribution in [0.1, 0.15) is 84.9 Å². The number of nitrogens with zero attached hydrogens (tertiary/aromatic N) is 2. The number of ketones is 2. The fraction of sp³-hybridized carbons (Fsp3) is 0.371. The summed E-state index contributed by atoms with van der Waals surface area (Å²) in [5, 5.41) is 3.94. The second-order valence-corrected chi connectivity index (χ2v) is 11.5. The van der Waals surface area contributed by atoms with Crippen LogP contribution in [-0.4, -0.2) is 60.0 Å². The highest BCUT2D eigenvalue weighted by Crippen LogP contribution is 2.53. The number of oxime groups is 1. The van der Waals surface area contributed by atoms with Crippen LogP contribution >= 0.6 is 0 Å². The lowest BCUT2D eigenvalue weighted by Gasteiger charge is -2.39. The van der Waals surface area contributed by atoms with Gasteiger partial charge >= 0.3 is 5.97 Å². The van der Waals surface area contributed by atoms with Crippen LogP contribution in [0.3, 0.4) is 0 Å². The molecule has 0 atom stereocenters. The summed E-state index contributed by atoms with van der Waals surface area (Å²) in [7, 11) is 0. The van der Waals surface area contributed by atoms with E-state index in [0.717, 1.165) is 29.5 Å². The number of hydrogen-bond donors (Lipinski definition) is 0. The number of ether oxygens (including phenoxy) is 1. The largest absolute Gasteiger partial charge is 0.379 e. The van der Waals surface area contributed by atoms with Gasteiger partial charge in [-0.1, -0.05) is 73.6 Å². The molecule has 1 fully saturated rings. The predicted molar refractivity (Wildman–Crippen MR) is 163 cm³/mol. The summed E-state index contributed by atoms with van der Waals surface area (Å²) in [4.78, 5) is 46.4. The van der Waals surface area contributed by atoms with Crippen LogP contribution in [0.15, 0.2) is 71.9 Å². The molecule has 1 aliphatic heterocycles. The summed E-state index contributed by atoms with van der Waals surface area (Å²) < 4.78 is 5.52. The van der Waals surface area contributed by atoms with Crippen molar-refractivity contribution in [1.29, 1.82) is 0 Å². The average Bonchev–Trinajstić information content (AvgIpc) is 3.30. The normalized spacial score (nSPS) is 16.5. The molecule has 0 amide bonds. The lowest BCUT2D eigenvalue weighted by atomic mass is 9.73. The van der Waals surface area contributed by atoms with Gasteiger partial charge in [-0.3, -0.25) is 14.5 Å². The van der Waals surface area contributed by atoms with Crippen LogP contribution in [0.4, 0.5) is 0 Å². The lowest BCUT2D eigenvalue weighted by molar-refractivity contribution is -0.140. The first kappa shape index (κ1) is 29.5. The molecule has 3 aromatic carbocycles. The topological polar surface area (TPSA) is 85.3 Å². The Balaban J connectivity index is 1.60. The predicted octanol–water partition coefficient (Wildman–Crippen LogP) is 6.22. The van der Waals surface area contributed by atoms with Crippen LogP contribution in [0.25, 0.3) is 11.1 Å². The van der Waals surface area contributed by atoms with E-state index >= 15 is 0 Å². The number of Topliss-reactive ketones (excluding diaryl/α,β-unsaturated/α-hetero) is 2. The van der Waals surface area contributed by atoms with E-state index in [1.165, 1.54) is 12.5 Å². The molecule has 0 bridgehead atoms. The highest BCUT2D eigenvalue weighted by molar-refractivity contribution is 6.51. The van der Waals surface area contributed by atoms with E-state index in [4.69, 9.17) is 9.57 Å². The average molecular weight is 567 g/mol. The minimum absolute atomic E-state index is 0.0532. The number of rotatable bonds is 9. The molecule has 5 rings (SSSR count). The number of carbonyl (C=O) groups excluding carboxylic acids is 3. The Labute approximate surface area is 247 Å². The summed E-state index contributed by atoms with van der Waals surface area (Å²) in [6, 6.07) is 20.8. The standard InChI is InChI=1S/C35H38N2O5/c1-6-35(7-2)29-15-13-25(32(39)31(36-42-23(3)38)24-11-9-8-10-12-24)21-27(29)28-22-26(14-16-30(28)35)33(40)34(4,5)37-17-19-41-20-18-37/h8-16,21-22H,6-7,17-20H2,1-5H3/b36-31+. The molecule has 2 aliphatic rings. The second kappa shape index (κ2) is 11.7. The maximum Gasteiger partial charge on any atom is 0.332 e. The first-order chi connectivity index (χ1) is 20.1. The summed E-state index contributed by atoms with van der Waals surface area (Å²) in [6.07, 6.45) is 1.76. The monoisotopic (exact) mass is 566 g/mol. The van der Waals surface area contributed by atoms with Gasteiger partial charge in [-0.05, 0) is 61.1 Å². The van der Waals surface area contributed by atoms with Crippen LogP contribution in [0.2, 0.25) is 0 Å². The molecule has 1 saturated heterocycles. The first-order valence-corrected chi connectivity index (χ1v) is 14.7.